The summed E-state index contributed by atoms with van der Waals surface area (Å²) in [6, 6.07) is 0.689. The van der Waals surface area contributed by atoms with Gasteiger partial charge in [0.05, 0.1) is 12.2 Å². The van der Waals surface area contributed by atoms with Gasteiger partial charge in [0, 0.05) is 19.3 Å². The van der Waals surface area contributed by atoms with Gasteiger partial charge in [0.1, 0.15) is 0 Å². The van der Waals surface area contributed by atoms with Crippen molar-refractivity contribution in [3.05, 3.63) is 0 Å². The molecule has 1 heterocycles. The normalized spacial score (nSPS) is 32.2. The van der Waals surface area contributed by atoms with Gasteiger partial charge in [-0.3, -0.25) is 0 Å². The summed E-state index contributed by atoms with van der Waals surface area (Å²) in [6.45, 7) is 3.95. The van der Waals surface area contributed by atoms with Gasteiger partial charge in [0.25, 0.3) is 0 Å². The van der Waals surface area contributed by atoms with Crippen LogP contribution in [0.5, 0.6) is 0 Å². The molecule has 2 atom stereocenters. The Morgan fingerprint density at radius 1 is 1.37 bits per heavy atom. The molecule has 2 fully saturated rings. The minimum Gasteiger partial charge on any atom is -0.378 e. The molecule has 2 aliphatic rings. The highest BCUT2D eigenvalue weighted by Gasteiger charge is 2.30. The van der Waals surface area contributed by atoms with Gasteiger partial charge in [-0.1, -0.05) is 0 Å². The van der Waals surface area contributed by atoms with Crippen molar-refractivity contribution in [1.82, 2.24) is 5.32 Å². The summed E-state index contributed by atoms with van der Waals surface area (Å²) < 4.78 is 11.3. The van der Waals surface area contributed by atoms with Crippen LogP contribution in [0.1, 0.15) is 58.3 Å². The lowest BCUT2D eigenvalue weighted by atomic mass is 9.77. The molecule has 112 valence electrons. The Hall–Kier alpha value is -0.120. The summed E-state index contributed by atoms with van der Waals surface area (Å²) in [5.74, 6) is 0.886. The fourth-order valence-corrected chi connectivity index (χ4v) is 3.49. The lowest BCUT2D eigenvalue weighted by Gasteiger charge is -2.37. The maximum absolute atomic E-state index is 5.69. The monoisotopic (exact) mass is 269 g/mol. The van der Waals surface area contributed by atoms with Crippen molar-refractivity contribution in [3.63, 3.8) is 0 Å². The zero-order chi connectivity index (χ0) is 13.5. The summed E-state index contributed by atoms with van der Waals surface area (Å²) in [4.78, 5) is 0. The van der Waals surface area contributed by atoms with Crippen molar-refractivity contribution in [1.29, 1.82) is 0 Å². The van der Waals surface area contributed by atoms with E-state index in [0.717, 1.165) is 19.1 Å². The second-order valence-electron chi connectivity index (χ2n) is 6.20. The molecule has 0 bridgehead atoms. The van der Waals surface area contributed by atoms with Gasteiger partial charge < -0.3 is 14.8 Å². The van der Waals surface area contributed by atoms with Crippen LogP contribution >= 0.6 is 0 Å². The van der Waals surface area contributed by atoms with Gasteiger partial charge >= 0.3 is 0 Å². The highest BCUT2D eigenvalue weighted by Crippen LogP contribution is 2.34. The SMILES string of the molecule is CCOC1CC(CC(CCCC2CCCO2)NC)C1. The van der Waals surface area contributed by atoms with Crippen molar-refractivity contribution in [2.75, 3.05) is 20.3 Å². The van der Waals surface area contributed by atoms with E-state index in [-0.39, 0.29) is 0 Å². The highest BCUT2D eigenvalue weighted by molar-refractivity contribution is 4.84. The number of ether oxygens (including phenoxy) is 2. The van der Waals surface area contributed by atoms with E-state index in [0.29, 0.717) is 18.2 Å². The molecule has 2 rings (SSSR count). The molecule has 0 aromatic carbocycles. The molecule has 2 unspecified atom stereocenters. The highest BCUT2D eigenvalue weighted by atomic mass is 16.5. The Morgan fingerprint density at radius 2 is 2.21 bits per heavy atom. The van der Waals surface area contributed by atoms with Crippen LogP contribution in [0.25, 0.3) is 0 Å². The molecule has 1 saturated heterocycles. The van der Waals surface area contributed by atoms with Gasteiger partial charge in [0.2, 0.25) is 0 Å². The third-order valence-corrected chi connectivity index (χ3v) is 4.72. The average Bonchev–Trinajstić information content (AvgIpc) is 2.87. The second kappa shape index (κ2) is 8.23. The van der Waals surface area contributed by atoms with Crippen LogP contribution in [-0.2, 0) is 9.47 Å². The van der Waals surface area contributed by atoms with Gasteiger partial charge in [-0.05, 0) is 71.3 Å². The molecule has 1 aliphatic heterocycles. The smallest absolute Gasteiger partial charge is 0.0580 e. The van der Waals surface area contributed by atoms with Gasteiger partial charge in [0.15, 0.2) is 0 Å². The third kappa shape index (κ3) is 5.05. The van der Waals surface area contributed by atoms with E-state index in [1.54, 1.807) is 0 Å². The van der Waals surface area contributed by atoms with E-state index in [1.165, 1.54) is 51.4 Å². The first-order valence-electron chi connectivity index (χ1n) is 8.22. The molecule has 3 heteroatoms. The van der Waals surface area contributed by atoms with Crippen molar-refractivity contribution in [2.24, 2.45) is 5.92 Å². The van der Waals surface area contributed by atoms with Crippen LogP contribution in [0.4, 0.5) is 0 Å². The molecular formula is C16H31NO2. The molecule has 0 aromatic rings. The Kier molecular flexibility index (Phi) is 6.62. The molecule has 1 aliphatic carbocycles. The van der Waals surface area contributed by atoms with Gasteiger partial charge in [-0.2, -0.15) is 0 Å². The fourth-order valence-electron chi connectivity index (χ4n) is 3.49. The molecular weight excluding hydrogens is 238 g/mol. The lowest BCUT2D eigenvalue weighted by molar-refractivity contribution is -0.0291. The summed E-state index contributed by atoms with van der Waals surface area (Å²) in [7, 11) is 2.11. The second-order valence-corrected chi connectivity index (χ2v) is 6.20. The molecule has 1 N–H and O–H groups in total. The molecule has 0 aromatic heterocycles. The molecule has 1 saturated carbocycles. The van der Waals surface area contributed by atoms with Crippen LogP contribution in [0.2, 0.25) is 0 Å². The predicted octanol–water partition coefficient (Wildman–Crippen LogP) is 3.13. The van der Waals surface area contributed by atoms with Crippen LogP contribution in [-0.4, -0.2) is 38.5 Å². The zero-order valence-corrected chi connectivity index (χ0v) is 12.7. The van der Waals surface area contributed by atoms with E-state index >= 15 is 0 Å². The molecule has 19 heavy (non-hydrogen) atoms. The zero-order valence-electron chi connectivity index (χ0n) is 12.7. The number of hydrogen-bond donors (Lipinski definition) is 1. The topological polar surface area (TPSA) is 30.5 Å². The maximum atomic E-state index is 5.69. The van der Waals surface area contributed by atoms with Crippen LogP contribution < -0.4 is 5.32 Å². The Balaban J connectivity index is 1.53. The molecule has 0 spiro atoms. The van der Waals surface area contributed by atoms with Crippen molar-refractivity contribution < 1.29 is 9.47 Å². The van der Waals surface area contributed by atoms with Crippen molar-refractivity contribution in [2.45, 2.75) is 76.5 Å². The predicted molar refractivity (Wildman–Crippen MR) is 78.4 cm³/mol. The summed E-state index contributed by atoms with van der Waals surface area (Å²) >= 11 is 0. The minimum atomic E-state index is 0.555. The van der Waals surface area contributed by atoms with Crippen LogP contribution in [0, 0.1) is 5.92 Å². The van der Waals surface area contributed by atoms with E-state index in [4.69, 9.17) is 9.47 Å². The van der Waals surface area contributed by atoms with E-state index in [1.807, 2.05) is 0 Å². The summed E-state index contributed by atoms with van der Waals surface area (Å²) in [6.07, 6.45) is 11.4. The Bertz CT molecular complexity index is 235. The summed E-state index contributed by atoms with van der Waals surface area (Å²) in [5, 5.41) is 3.49. The largest absolute Gasteiger partial charge is 0.378 e. The van der Waals surface area contributed by atoms with Crippen molar-refractivity contribution in [3.8, 4) is 0 Å². The molecule has 0 amide bonds. The third-order valence-electron chi connectivity index (χ3n) is 4.72. The summed E-state index contributed by atoms with van der Waals surface area (Å²) in [5.41, 5.74) is 0. The first-order chi connectivity index (χ1) is 9.31. The van der Waals surface area contributed by atoms with Crippen LogP contribution in [0.3, 0.4) is 0 Å². The van der Waals surface area contributed by atoms with Crippen LogP contribution in [0.15, 0.2) is 0 Å². The number of nitrogens with one attached hydrogen (secondary N) is 1. The first kappa shape index (κ1) is 15.3. The Morgan fingerprint density at radius 3 is 2.84 bits per heavy atom. The maximum Gasteiger partial charge on any atom is 0.0580 e. The van der Waals surface area contributed by atoms with E-state index in [2.05, 4.69) is 19.3 Å². The quantitative estimate of drug-likeness (QED) is 0.697. The Labute approximate surface area is 118 Å². The number of hydrogen-bond acceptors (Lipinski definition) is 3. The molecule has 0 radical (unpaired) electrons. The van der Waals surface area contributed by atoms with E-state index in [9.17, 15) is 0 Å². The van der Waals surface area contributed by atoms with Crippen molar-refractivity contribution >= 4 is 0 Å². The lowest BCUT2D eigenvalue weighted by Crippen LogP contribution is -2.37. The standard InChI is InChI=1S/C16H31NO2/c1-3-18-16-11-13(12-16)10-14(17-2)6-4-7-15-8-5-9-19-15/h13-17H,3-12H2,1-2H3. The first-order valence-corrected chi connectivity index (χ1v) is 8.22. The van der Waals surface area contributed by atoms with Gasteiger partial charge in [-0.15, -0.1) is 0 Å². The average molecular weight is 269 g/mol. The van der Waals surface area contributed by atoms with E-state index < -0.39 is 0 Å². The minimum absolute atomic E-state index is 0.555. The van der Waals surface area contributed by atoms with Gasteiger partial charge in [-0.25, -0.2) is 0 Å². The fraction of sp³-hybridized carbons (Fsp3) is 1.00. The molecule has 3 nitrogen and oxygen atoms in total. The number of rotatable bonds is 9.